The van der Waals surface area contributed by atoms with Crippen molar-refractivity contribution >= 4 is 17.4 Å². The van der Waals surface area contributed by atoms with Crippen LogP contribution in [0.4, 0.5) is 16.2 Å². The summed E-state index contributed by atoms with van der Waals surface area (Å²) in [5, 5.41) is 12.1. The van der Waals surface area contributed by atoms with E-state index in [-0.39, 0.29) is 5.69 Å². The zero-order chi connectivity index (χ0) is 13.5. The quantitative estimate of drug-likeness (QED) is 0.312. The predicted molar refractivity (Wildman–Crippen MR) is 66.6 cm³/mol. The third-order valence-electron chi connectivity index (χ3n) is 2.19. The van der Waals surface area contributed by atoms with Gasteiger partial charge in [-0.05, 0) is 18.6 Å². The Morgan fingerprint density at radius 3 is 2.50 bits per heavy atom. The molecule has 1 aromatic carbocycles. The Hall–Kier alpha value is -2.35. The average molecular weight is 253 g/mol. The summed E-state index contributed by atoms with van der Waals surface area (Å²) < 4.78 is 0. The first-order chi connectivity index (χ1) is 8.58. The van der Waals surface area contributed by atoms with Crippen molar-refractivity contribution in [1.29, 1.82) is 0 Å². The number of nitrogens with two attached hydrogens (primary N) is 1. The van der Waals surface area contributed by atoms with Gasteiger partial charge in [0.05, 0.1) is 10.6 Å². The number of nitrogens with one attached hydrogen (secondary N) is 2. The highest BCUT2D eigenvalue weighted by Gasteiger charge is 2.10. The highest BCUT2D eigenvalue weighted by Crippen LogP contribution is 2.18. The van der Waals surface area contributed by atoms with E-state index in [0.29, 0.717) is 12.2 Å². The molecule has 98 valence electrons. The van der Waals surface area contributed by atoms with Gasteiger partial charge in [0.15, 0.2) is 0 Å². The predicted octanol–water partition coefficient (Wildman–Crippen LogP) is 0.899. The second kappa shape index (κ2) is 6.40. The highest BCUT2D eigenvalue weighted by molar-refractivity contribution is 5.75. The summed E-state index contributed by atoms with van der Waals surface area (Å²) in [6.07, 6.45) is 0.793. The van der Waals surface area contributed by atoms with E-state index in [1.54, 1.807) is 17.1 Å². The van der Waals surface area contributed by atoms with Crippen LogP contribution in [-0.4, -0.2) is 17.5 Å². The zero-order valence-electron chi connectivity index (χ0n) is 9.92. The molecule has 0 bridgehead atoms. The van der Waals surface area contributed by atoms with E-state index < -0.39 is 11.0 Å². The van der Waals surface area contributed by atoms with Crippen LogP contribution < -0.4 is 21.7 Å². The van der Waals surface area contributed by atoms with Gasteiger partial charge in [-0.3, -0.25) is 20.5 Å². The number of nitro benzene ring substituents is 1. The van der Waals surface area contributed by atoms with Crippen molar-refractivity contribution in [2.45, 2.75) is 13.3 Å². The van der Waals surface area contributed by atoms with Gasteiger partial charge in [0.1, 0.15) is 0 Å². The van der Waals surface area contributed by atoms with Crippen molar-refractivity contribution < 1.29 is 9.72 Å². The van der Waals surface area contributed by atoms with Crippen LogP contribution >= 0.6 is 0 Å². The van der Waals surface area contributed by atoms with Gasteiger partial charge in [-0.2, -0.15) is 0 Å². The van der Waals surface area contributed by atoms with Crippen molar-refractivity contribution in [3.8, 4) is 0 Å². The Kier molecular flexibility index (Phi) is 4.88. The van der Waals surface area contributed by atoms with Crippen LogP contribution in [0, 0.1) is 10.1 Å². The van der Waals surface area contributed by atoms with E-state index in [2.05, 4.69) is 5.43 Å². The lowest BCUT2D eigenvalue weighted by Crippen LogP contribution is -2.50. The average Bonchev–Trinajstić information content (AvgIpc) is 2.38. The number of anilines is 1. The molecule has 0 fully saturated rings. The van der Waals surface area contributed by atoms with Crippen LogP contribution in [0.1, 0.15) is 13.3 Å². The summed E-state index contributed by atoms with van der Waals surface area (Å²) >= 11 is 0. The monoisotopic (exact) mass is 253 g/mol. The molecule has 1 aromatic rings. The van der Waals surface area contributed by atoms with Crippen molar-refractivity contribution in [3.05, 3.63) is 34.4 Å². The molecule has 8 heteroatoms. The third-order valence-corrected chi connectivity index (χ3v) is 2.19. The number of carbonyl (C=O) groups excluding carboxylic acids is 1. The maximum absolute atomic E-state index is 11.1. The molecule has 1 rings (SSSR count). The number of hydrogen-bond acceptors (Lipinski definition) is 5. The Labute approximate surface area is 104 Å². The molecule has 0 unspecified atom stereocenters. The summed E-state index contributed by atoms with van der Waals surface area (Å²) in [5.41, 5.74) is 5.12. The fraction of sp³-hybridized carbons (Fsp3) is 0.300. The van der Waals surface area contributed by atoms with Crippen LogP contribution in [0.15, 0.2) is 24.3 Å². The molecule has 0 aliphatic heterocycles. The number of nitro groups is 1. The second-order valence-corrected chi connectivity index (χ2v) is 3.51. The lowest BCUT2D eigenvalue weighted by molar-refractivity contribution is -0.384. The summed E-state index contributed by atoms with van der Waals surface area (Å²) in [4.78, 5) is 21.2. The molecule has 0 saturated heterocycles. The van der Waals surface area contributed by atoms with E-state index in [1.807, 2.05) is 12.3 Å². The van der Waals surface area contributed by atoms with E-state index in [1.165, 1.54) is 12.1 Å². The molecule has 0 spiro atoms. The zero-order valence-corrected chi connectivity index (χ0v) is 9.92. The topological polar surface area (TPSA) is 114 Å². The summed E-state index contributed by atoms with van der Waals surface area (Å²) in [6.45, 7) is 2.51. The van der Waals surface area contributed by atoms with Crippen LogP contribution in [-0.2, 0) is 0 Å². The molecule has 0 aromatic heterocycles. The fourth-order valence-electron chi connectivity index (χ4n) is 1.38. The molecule has 4 N–H and O–H groups in total. The van der Waals surface area contributed by atoms with Gasteiger partial charge in [0.25, 0.3) is 5.69 Å². The van der Waals surface area contributed by atoms with Gasteiger partial charge in [-0.1, -0.05) is 6.92 Å². The Morgan fingerprint density at radius 1 is 1.44 bits per heavy atom. The highest BCUT2D eigenvalue weighted by atomic mass is 16.6. The van der Waals surface area contributed by atoms with E-state index in [0.717, 1.165) is 6.42 Å². The molecule has 18 heavy (non-hydrogen) atoms. The lowest BCUT2D eigenvalue weighted by Gasteiger charge is -2.24. The molecule has 0 aliphatic carbocycles. The smallest absolute Gasteiger partial charge is 0.284 e. The van der Waals surface area contributed by atoms with E-state index in [4.69, 9.17) is 5.84 Å². The Morgan fingerprint density at radius 2 is 2.06 bits per heavy atom. The number of benzene rings is 1. The van der Waals surface area contributed by atoms with Gasteiger partial charge in [0.2, 0.25) is 0 Å². The maximum atomic E-state index is 11.1. The third kappa shape index (κ3) is 3.59. The minimum Gasteiger partial charge on any atom is -0.284 e. The van der Waals surface area contributed by atoms with Crippen LogP contribution in [0.3, 0.4) is 0 Å². The van der Waals surface area contributed by atoms with E-state index in [9.17, 15) is 14.9 Å². The second-order valence-electron chi connectivity index (χ2n) is 3.51. The maximum Gasteiger partial charge on any atom is 0.347 e. The molecule has 0 radical (unpaired) electrons. The molecular formula is C10H15N5O3. The fourth-order valence-corrected chi connectivity index (χ4v) is 1.38. The number of rotatable bonds is 5. The summed E-state index contributed by atoms with van der Waals surface area (Å²) in [7, 11) is 0. The normalized spacial score (nSPS) is 9.67. The number of urea groups is 1. The van der Waals surface area contributed by atoms with Gasteiger partial charge >= 0.3 is 6.03 Å². The molecule has 8 nitrogen and oxygen atoms in total. The van der Waals surface area contributed by atoms with Crippen molar-refractivity contribution in [3.63, 3.8) is 0 Å². The first-order valence-electron chi connectivity index (χ1n) is 5.37. The number of carbonyl (C=O) groups is 1. The van der Waals surface area contributed by atoms with Crippen molar-refractivity contribution in [2.24, 2.45) is 5.84 Å². The molecule has 0 atom stereocenters. The van der Waals surface area contributed by atoms with Gasteiger partial charge < -0.3 is 0 Å². The number of nitrogens with zero attached hydrogens (tertiary/aromatic N) is 2. The minimum absolute atomic E-state index is 0.00141. The van der Waals surface area contributed by atoms with Crippen LogP contribution in [0.5, 0.6) is 0 Å². The standard InChI is InChI=1S/C10H15N5O3/c1-2-7-14(13-10(16)12-11)8-3-5-9(6-4-8)15(17)18/h3-6H,2,7,11H2,1H3,(H2,12,13,16). The first kappa shape index (κ1) is 13.7. The van der Waals surface area contributed by atoms with Gasteiger partial charge in [0, 0.05) is 18.7 Å². The first-order valence-corrected chi connectivity index (χ1v) is 5.37. The largest absolute Gasteiger partial charge is 0.347 e. The Balaban J connectivity index is 2.84. The minimum atomic E-state index is -0.554. The Bertz CT molecular complexity index is 420. The van der Waals surface area contributed by atoms with E-state index >= 15 is 0 Å². The SMILES string of the molecule is CCCN(NC(=O)NN)c1ccc([N+](=O)[O-])cc1. The van der Waals surface area contributed by atoms with Gasteiger partial charge in [-0.25, -0.2) is 16.1 Å². The van der Waals surface area contributed by atoms with Gasteiger partial charge in [-0.15, -0.1) is 0 Å². The number of hydrogen-bond donors (Lipinski definition) is 3. The van der Waals surface area contributed by atoms with Crippen LogP contribution in [0.2, 0.25) is 0 Å². The summed E-state index contributed by atoms with van der Waals surface area (Å²) in [6, 6.07) is 5.32. The van der Waals surface area contributed by atoms with Crippen molar-refractivity contribution in [1.82, 2.24) is 10.9 Å². The summed E-state index contributed by atoms with van der Waals surface area (Å²) in [5.74, 6) is 4.98. The molecule has 2 amide bonds. The number of non-ortho nitro benzene ring substituents is 1. The molecule has 0 saturated carbocycles. The number of hydrazine groups is 2. The molecule has 0 heterocycles. The lowest BCUT2D eigenvalue weighted by atomic mass is 10.2. The van der Waals surface area contributed by atoms with Crippen molar-refractivity contribution in [2.75, 3.05) is 11.6 Å². The molecule has 0 aliphatic rings. The van der Waals surface area contributed by atoms with Crippen LogP contribution in [0.25, 0.3) is 0 Å². The molecular weight excluding hydrogens is 238 g/mol. The number of amides is 2.